The molecule has 0 aromatic rings. The summed E-state index contributed by atoms with van der Waals surface area (Å²) < 4.78 is 29.2. The summed E-state index contributed by atoms with van der Waals surface area (Å²) in [7, 11) is 0. The highest BCUT2D eigenvalue weighted by atomic mass is 16.7. The highest BCUT2D eigenvalue weighted by Crippen LogP contribution is 2.66. The van der Waals surface area contributed by atoms with Gasteiger partial charge in [0.2, 0.25) is 0 Å². The number of ether oxygens (including phenoxy) is 5. The van der Waals surface area contributed by atoms with Crippen LogP contribution < -0.4 is 0 Å². The van der Waals surface area contributed by atoms with Crippen LogP contribution in [-0.4, -0.2) is 81.4 Å². The van der Waals surface area contributed by atoms with Crippen molar-refractivity contribution in [2.45, 2.75) is 115 Å². The van der Waals surface area contributed by atoms with Crippen LogP contribution in [0, 0.1) is 11.3 Å². The molecule has 1 saturated carbocycles. The van der Waals surface area contributed by atoms with Crippen molar-refractivity contribution < 1.29 is 53.1 Å². The van der Waals surface area contributed by atoms with Gasteiger partial charge in [0.15, 0.2) is 17.3 Å². The first-order chi connectivity index (χ1) is 17.0. The van der Waals surface area contributed by atoms with Crippen molar-refractivity contribution in [1.29, 1.82) is 0 Å². The van der Waals surface area contributed by atoms with Crippen molar-refractivity contribution in [2.75, 3.05) is 0 Å². The van der Waals surface area contributed by atoms with E-state index in [1.165, 1.54) is 34.6 Å². The van der Waals surface area contributed by atoms with E-state index < -0.39 is 82.5 Å². The second kappa shape index (κ2) is 8.78. The average molecular weight is 525 g/mol. The van der Waals surface area contributed by atoms with E-state index in [0.29, 0.717) is 6.42 Å². The molecule has 3 fully saturated rings. The molecule has 2 aliphatic heterocycles. The summed E-state index contributed by atoms with van der Waals surface area (Å²) in [4.78, 5) is 50.0. The monoisotopic (exact) mass is 524 g/mol. The fourth-order valence-corrected chi connectivity index (χ4v) is 6.94. The van der Waals surface area contributed by atoms with E-state index in [-0.39, 0.29) is 12.8 Å². The Morgan fingerprint density at radius 3 is 2.11 bits per heavy atom. The zero-order valence-corrected chi connectivity index (χ0v) is 22.2. The first kappa shape index (κ1) is 27.5. The molecule has 2 aliphatic carbocycles. The molecule has 11 nitrogen and oxygen atoms in total. The predicted octanol–water partition coefficient (Wildman–Crippen LogP) is 1.11. The fraction of sp³-hybridized carbons (Fsp3) is 0.769. The van der Waals surface area contributed by atoms with Gasteiger partial charge in [-0.25, -0.2) is 4.79 Å². The number of aliphatic hydroxyl groups is 2. The van der Waals surface area contributed by atoms with Crippen molar-refractivity contribution in [1.82, 2.24) is 0 Å². The van der Waals surface area contributed by atoms with Crippen LogP contribution in [0.4, 0.5) is 0 Å². The lowest BCUT2D eigenvalue weighted by molar-refractivity contribution is -0.274. The minimum absolute atomic E-state index is 0.164. The summed E-state index contributed by atoms with van der Waals surface area (Å²) in [5, 5.41) is 23.0. The molecule has 2 heterocycles. The van der Waals surface area contributed by atoms with Crippen LogP contribution in [0.1, 0.15) is 67.7 Å². The summed E-state index contributed by atoms with van der Waals surface area (Å²) in [5.74, 6) is -3.83. The van der Waals surface area contributed by atoms with Crippen LogP contribution in [-0.2, 0) is 42.9 Å². The maximum absolute atomic E-state index is 13.0. The zero-order chi connectivity index (χ0) is 27.7. The molecule has 0 aromatic heterocycles. The molecule has 0 amide bonds. The number of fused-ring (bicyclic) bond motifs is 1. The van der Waals surface area contributed by atoms with Crippen molar-refractivity contribution in [3.8, 4) is 0 Å². The van der Waals surface area contributed by atoms with Crippen molar-refractivity contribution >= 4 is 23.9 Å². The maximum Gasteiger partial charge on any atom is 0.342 e. The van der Waals surface area contributed by atoms with Gasteiger partial charge in [-0.1, -0.05) is 12.5 Å². The highest BCUT2D eigenvalue weighted by Gasteiger charge is 2.88. The Morgan fingerprint density at radius 2 is 1.57 bits per heavy atom. The molecule has 37 heavy (non-hydrogen) atoms. The summed E-state index contributed by atoms with van der Waals surface area (Å²) >= 11 is 0. The van der Waals surface area contributed by atoms with Crippen LogP contribution >= 0.6 is 0 Å². The number of hydrogen-bond donors (Lipinski definition) is 2. The first-order valence-electron chi connectivity index (χ1n) is 12.5. The lowest BCUT2D eigenvalue weighted by Gasteiger charge is -2.59. The van der Waals surface area contributed by atoms with Gasteiger partial charge < -0.3 is 33.9 Å². The number of carbonyl (C=O) groups is 4. The molecule has 11 heteroatoms. The van der Waals surface area contributed by atoms with Gasteiger partial charge in [0, 0.05) is 33.1 Å². The van der Waals surface area contributed by atoms with E-state index in [4.69, 9.17) is 23.7 Å². The van der Waals surface area contributed by atoms with Gasteiger partial charge in [0.05, 0.1) is 17.1 Å². The quantitative estimate of drug-likeness (QED) is 0.236. The Bertz CT molecular complexity index is 1050. The largest absolute Gasteiger partial charge is 0.462 e. The van der Waals surface area contributed by atoms with Gasteiger partial charge in [-0.05, 0) is 39.7 Å². The van der Waals surface area contributed by atoms with Crippen LogP contribution in [0.2, 0.25) is 0 Å². The Balaban J connectivity index is 2.03. The normalized spacial score (nSPS) is 48.1. The molecular weight excluding hydrogens is 488 g/mol. The van der Waals surface area contributed by atoms with Gasteiger partial charge in [-0.3, -0.25) is 14.4 Å². The Morgan fingerprint density at radius 1 is 1.00 bits per heavy atom. The lowest BCUT2D eigenvalue weighted by Crippen LogP contribution is -2.72. The molecule has 0 bridgehead atoms. The number of aliphatic hydroxyl groups excluding tert-OH is 1. The third kappa shape index (κ3) is 3.97. The van der Waals surface area contributed by atoms with Gasteiger partial charge in [-0.15, -0.1) is 0 Å². The van der Waals surface area contributed by atoms with Crippen molar-refractivity contribution in [3.05, 3.63) is 11.6 Å². The number of epoxide rings is 1. The van der Waals surface area contributed by atoms with Gasteiger partial charge >= 0.3 is 23.9 Å². The van der Waals surface area contributed by atoms with E-state index in [1.807, 2.05) is 6.92 Å². The van der Waals surface area contributed by atoms with Crippen LogP contribution in [0.25, 0.3) is 0 Å². The van der Waals surface area contributed by atoms with Crippen LogP contribution in [0.5, 0.6) is 0 Å². The van der Waals surface area contributed by atoms with E-state index in [1.54, 1.807) is 13.0 Å². The molecule has 10 atom stereocenters. The van der Waals surface area contributed by atoms with E-state index in [9.17, 15) is 29.4 Å². The predicted molar refractivity (Wildman–Crippen MR) is 125 cm³/mol. The standard InChI is InChI=1S/C26H36O11/c1-12-8-9-17(33-13(2)27)23(5)18(34-14(3)28)11-16(30)24(6,32)20(23)21(35-15(4)29)26-19(10-12)36-22(31)25(26,7)37-26/h10,16-21,30,32H,8-9,11H2,1-7H3/b12-10-/t16-,17-,18+,19+,20-,21-,23+,24-,25+,26+/m1/s1. The van der Waals surface area contributed by atoms with Crippen LogP contribution in [0.3, 0.4) is 0 Å². The zero-order valence-electron chi connectivity index (χ0n) is 22.2. The number of carbonyl (C=O) groups excluding carboxylic acids is 4. The third-order valence-corrected chi connectivity index (χ3v) is 8.79. The molecule has 0 radical (unpaired) electrons. The molecule has 2 N–H and O–H groups in total. The highest BCUT2D eigenvalue weighted by molar-refractivity contribution is 5.89. The Kier molecular flexibility index (Phi) is 6.53. The molecular formula is C26H36O11. The topological polar surface area (TPSA) is 158 Å². The molecule has 1 spiro atoms. The minimum Gasteiger partial charge on any atom is -0.462 e. The molecule has 0 aromatic carbocycles. The summed E-state index contributed by atoms with van der Waals surface area (Å²) in [5.41, 5.74) is -5.58. The first-order valence-corrected chi connectivity index (χ1v) is 12.5. The lowest BCUT2D eigenvalue weighted by atomic mass is 9.51. The average Bonchev–Trinajstić information content (AvgIpc) is 3.34. The second-order valence-corrected chi connectivity index (χ2v) is 11.4. The maximum atomic E-state index is 13.0. The fourth-order valence-electron chi connectivity index (χ4n) is 6.94. The van der Waals surface area contributed by atoms with E-state index >= 15 is 0 Å². The summed E-state index contributed by atoms with van der Waals surface area (Å²) in [6.07, 6.45) is -3.49. The van der Waals surface area contributed by atoms with Gasteiger partial charge in [0.1, 0.15) is 18.3 Å². The van der Waals surface area contributed by atoms with Gasteiger partial charge in [0.25, 0.3) is 0 Å². The molecule has 4 rings (SSSR count). The number of rotatable bonds is 3. The minimum atomic E-state index is -1.96. The summed E-state index contributed by atoms with van der Waals surface area (Å²) in [6.45, 7) is 10.1. The Hall–Kier alpha value is -2.50. The molecule has 0 unspecified atom stereocenters. The summed E-state index contributed by atoms with van der Waals surface area (Å²) in [6, 6.07) is 0. The van der Waals surface area contributed by atoms with E-state index in [0.717, 1.165) is 5.57 Å². The van der Waals surface area contributed by atoms with Gasteiger partial charge in [-0.2, -0.15) is 0 Å². The Labute approximate surface area is 215 Å². The molecule has 206 valence electrons. The SMILES string of the molecule is CC(=O)O[C@H]1C[C@@H](O)[C@@](C)(O)[C@@H]2[C@@H](OC(C)=O)[C@]34O[C@@]3(C)C(=O)O[C@H]4/C=C(/C)CC[C@@H](OC(C)=O)[C@@]12C. The second-order valence-electron chi connectivity index (χ2n) is 11.4. The smallest absolute Gasteiger partial charge is 0.342 e. The van der Waals surface area contributed by atoms with Crippen LogP contribution in [0.15, 0.2) is 11.6 Å². The van der Waals surface area contributed by atoms with Crippen molar-refractivity contribution in [2.24, 2.45) is 11.3 Å². The molecule has 2 saturated heterocycles. The number of esters is 4. The molecule has 4 aliphatic rings. The van der Waals surface area contributed by atoms with Crippen molar-refractivity contribution in [3.63, 3.8) is 0 Å². The van der Waals surface area contributed by atoms with E-state index in [2.05, 4.69) is 0 Å². The third-order valence-electron chi connectivity index (χ3n) is 8.79. The number of allylic oxidation sites excluding steroid dienone is 1. The number of hydrogen-bond acceptors (Lipinski definition) is 11.